The molecule has 0 saturated carbocycles. The largest absolute Gasteiger partial charge is 0.310 e. The zero-order chi connectivity index (χ0) is 15.5. The fourth-order valence-electron chi connectivity index (χ4n) is 2.69. The number of hydrogen-bond donors (Lipinski definition) is 1. The van der Waals surface area contributed by atoms with E-state index < -0.39 is 10.0 Å². The number of sulfonamides is 1. The van der Waals surface area contributed by atoms with Crippen molar-refractivity contribution in [3.05, 3.63) is 17.0 Å². The van der Waals surface area contributed by atoms with Crippen LogP contribution in [0.4, 0.5) is 0 Å². The van der Waals surface area contributed by atoms with Crippen LogP contribution >= 0.6 is 11.3 Å². The maximum absolute atomic E-state index is 12.7. The molecule has 1 atom stereocenters. The molecule has 0 radical (unpaired) electrons. The number of thiophene rings is 1. The summed E-state index contributed by atoms with van der Waals surface area (Å²) in [5, 5.41) is 5.26. The molecule has 0 amide bonds. The minimum Gasteiger partial charge on any atom is -0.310 e. The Morgan fingerprint density at radius 3 is 2.90 bits per heavy atom. The highest BCUT2D eigenvalue weighted by Crippen LogP contribution is 2.30. The fourth-order valence-corrected chi connectivity index (χ4v) is 5.58. The average Bonchev–Trinajstić information content (AvgIpc) is 3.06. The second-order valence-corrected chi connectivity index (χ2v) is 9.19. The van der Waals surface area contributed by atoms with E-state index in [2.05, 4.69) is 26.1 Å². The van der Waals surface area contributed by atoms with Crippen LogP contribution in [-0.4, -0.2) is 31.9 Å². The van der Waals surface area contributed by atoms with Gasteiger partial charge in [-0.3, -0.25) is 0 Å². The predicted octanol–water partition coefficient (Wildman–Crippen LogP) is 3.06. The maximum Gasteiger partial charge on any atom is 0.252 e. The molecule has 1 aliphatic rings. The van der Waals surface area contributed by atoms with Crippen LogP contribution in [0.2, 0.25) is 0 Å². The molecule has 0 aromatic carbocycles. The molecule has 2 rings (SSSR count). The van der Waals surface area contributed by atoms with Gasteiger partial charge < -0.3 is 5.32 Å². The van der Waals surface area contributed by atoms with Crippen molar-refractivity contribution in [1.29, 1.82) is 0 Å². The highest BCUT2D eigenvalue weighted by molar-refractivity contribution is 7.91. The van der Waals surface area contributed by atoms with Gasteiger partial charge in [-0.2, -0.15) is 4.31 Å². The van der Waals surface area contributed by atoms with Crippen LogP contribution in [0, 0.1) is 5.92 Å². The van der Waals surface area contributed by atoms with Gasteiger partial charge in [0, 0.05) is 25.7 Å². The molecule has 1 N–H and O–H groups in total. The van der Waals surface area contributed by atoms with E-state index in [-0.39, 0.29) is 0 Å². The number of nitrogens with one attached hydrogen (secondary N) is 1. The first-order valence-electron chi connectivity index (χ1n) is 7.74. The molecule has 4 nitrogen and oxygen atoms in total. The van der Waals surface area contributed by atoms with Crippen LogP contribution in [0.15, 0.2) is 15.7 Å². The second kappa shape index (κ2) is 7.22. The van der Waals surface area contributed by atoms with E-state index in [0.717, 1.165) is 31.4 Å². The summed E-state index contributed by atoms with van der Waals surface area (Å²) in [7, 11) is -3.28. The molecule has 0 spiro atoms. The molecular weight excluding hydrogens is 304 g/mol. The third-order valence-corrected chi connectivity index (χ3v) is 7.21. The lowest BCUT2D eigenvalue weighted by Crippen LogP contribution is -2.28. The summed E-state index contributed by atoms with van der Waals surface area (Å²) < 4.78 is 27.5. The van der Waals surface area contributed by atoms with Gasteiger partial charge in [-0.25, -0.2) is 8.42 Å². The summed E-state index contributed by atoms with van der Waals surface area (Å²) in [6.07, 6.45) is 3.25. The van der Waals surface area contributed by atoms with Crippen molar-refractivity contribution >= 4 is 21.4 Å². The first-order valence-corrected chi connectivity index (χ1v) is 10.1. The molecule has 6 heteroatoms. The predicted molar refractivity (Wildman–Crippen MR) is 88.1 cm³/mol. The van der Waals surface area contributed by atoms with Crippen LogP contribution in [0.25, 0.3) is 0 Å². The van der Waals surface area contributed by atoms with E-state index in [1.165, 1.54) is 11.3 Å². The van der Waals surface area contributed by atoms with Crippen molar-refractivity contribution in [1.82, 2.24) is 9.62 Å². The summed E-state index contributed by atoms with van der Waals surface area (Å²) in [5.74, 6) is 0.534. The van der Waals surface area contributed by atoms with Crippen molar-refractivity contribution < 1.29 is 8.42 Å². The molecule has 0 aliphatic carbocycles. The van der Waals surface area contributed by atoms with Gasteiger partial charge in [-0.05, 0) is 35.8 Å². The lowest BCUT2D eigenvalue weighted by molar-refractivity contribution is 0.446. The van der Waals surface area contributed by atoms with Gasteiger partial charge in [0.25, 0.3) is 10.0 Å². The van der Waals surface area contributed by atoms with E-state index in [9.17, 15) is 8.42 Å². The van der Waals surface area contributed by atoms with Gasteiger partial charge in [0.05, 0.1) is 0 Å². The van der Waals surface area contributed by atoms with Gasteiger partial charge in [0.2, 0.25) is 0 Å². The molecular formula is C15H26N2O2S2. The van der Waals surface area contributed by atoms with Gasteiger partial charge in [0.15, 0.2) is 0 Å². The monoisotopic (exact) mass is 330 g/mol. The van der Waals surface area contributed by atoms with E-state index in [1.807, 2.05) is 11.4 Å². The fraction of sp³-hybridized carbons (Fsp3) is 0.733. The van der Waals surface area contributed by atoms with E-state index in [4.69, 9.17) is 0 Å². The normalized spacial score (nSPS) is 20.5. The Morgan fingerprint density at radius 1 is 1.48 bits per heavy atom. The third kappa shape index (κ3) is 4.28. The van der Waals surface area contributed by atoms with E-state index in [0.29, 0.717) is 29.3 Å². The zero-order valence-electron chi connectivity index (χ0n) is 13.1. The Hall–Kier alpha value is -0.430. The van der Waals surface area contributed by atoms with Crippen molar-refractivity contribution in [3.8, 4) is 0 Å². The standard InChI is InChI=1S/C15H26N2O2S2/c1-4-5-13-6-7-17(10-13)21(18,19)15-8-14(11-20-15)9-16-12(2)3/h8,11-13,16H,4-7,9-10H2,1-3H3. The topological polar surface area (TPSA) is 49.4 Å². The van der Waals surface area contributed by atoms with Crippen LogP contribution < -0.4 is 5.32 Å². The quantitative estimate of drug-likeness (QED) is 0.836. The van der Waals surface area contributed by atoms with Crippen molar-refractivity contribution in [2.75, 3.05) is 13.1 Å². The number of rotatable bonds is 7. The smallest absolute Gasteiger partial charge is 0.252 e. The lowest BCUT2D eigenvalue weighted by atomic mass is 10.0. The molecule has 120 valence electrons. The molecule has 1 aromatic rings. The zero-order valence-corrected chi connectivity index (χ0v) is 14.8. The van der Waals surface area contributed by atoms with Gasteiger partial charge in [-0.1, -0.05) is 27.2 Å². The third-order valence-electron chi connectivity index (χ3n) is 3.88. The highest BCUT2D eigenvalue weighted by Gasteiger charge is 2.32. The summed E-state index contributed by atoms with van der Waals surface area (Å²) in [6, 6.07) is 2.22. The summed E-state index contributed by atoms with van der Waals surface area (Å²) in [6.45, 7) is 8.41. The first-order chi connectivity index (χ1) is 9.93. The van der Waals surface area contributed by atoms with E-state index in [1.54, 1.807) is 4.31 Å². The molecule has 2 heterocycles. The lowest BCUT2D eigenvalue weighted by Gasteiger charge is -2.15. The van der Waals surface area contributed by atoms with Crippen LogP contribution in [0.1, 0.15) is 45.6 Å². The Morgan fingerprint density at radius 2 is 2.24 bits per heavy atom. The van der Waals surface area contributed by atoms with Gasteiger partial charge in [-0.15, -0.1) is 11.3 Å². The van der Waals surface area contributed by atoms with Crippen molar-refractivity contribution in [2.24, 2.45) is 5.92 Å². The second-order valence-electron chi connectivity index (χ2n) is 6.12. The average molecular weight is 331 g/mol. The molecule has 21 heavy (non-hydrogen) atoms. The summed E-state index contributed by atoms with van der Waals surface area (Å²) >= 11 is 1.34. The minimum absolute atomic E-state index is 0.401. The summed E-state index contributed by atoms with van der Waals surface area (Å²) in [5.41, 5.74) is 1.05. The SMILES string of the molecule is CCCC1CCN(S(=O)(=O)c2cc(CNC(C)C)cs2)C1. The molecule has 1 aliphatic heterocycles. The molecule has 1 unspecified atom stereocenters. The Kier molecular flexibility index (Phi) is 5.82. The Labute approximate surface area is 132 Å². The number of hydrogen-bond acceptors (Lipinski definition) is 4. The molecule has 1 aromatic heterocycles. The molecule has 1 fully saturated rings. The Bertz CT molecular complexity index is 552. The minimum atomic E-state index is -3.28. The van der Waals surface area contributed by atoms with Crippen molar-refractivity contribution in [2.45, 2.75) is 56.8 Å². The van der Waals surface area contributed by atoms with Crippen LogP contribution in [0.3, 0.4) is 0 Å². The van der Waals surface area contributed by atoms with Crippen LogP contribution in [-0.2, 0) is 16.6 Å². The molecule has 1 saturated heterocycles. The van der Waals surface area contributed by atoms with E-state index >= 15 is 0 Å². The summed E-state index contributed by atoms with van der Waals surface area (Å²) in [4.78, 5) is 0. The first kappa shape index (κ1) is 16.9. The molecule has 0 bridgehead atoms. The Balaban J connectivity index is 2.03. The van der Waals surface area contributed by atoms with Crippen LogP contribution in [0.5, 0.6) is 0 Å². The van der Waals surface area contributed by atoms with Gasteiger partial charge >= 0.3 is 0 Å². The number of nitrogens with zero attached hydrogens (tertiary/aromatic N) is 1. The maximum atomic E-state index is 12.7. The van der Waals surface area contributed by atoms with Crippen molar-refractivity contribution in [3.63, 3.8) is 0 Å². The highest BCUT2D eigenvalue weighted by atomic mass is 32.2. The van der Waals surface area contributed by atoms with Gasteiger partial charge in [0.1, 0.15) is 4.21 Å².